The van der Waals surface area contributed by atoms with Crippen LogP contribution in [0, 0.1) is 0 Å². The van der Waals surface area contributed by atoms with Crippen molar-refractivity contribution in [3.8, 4) is 0 Å². The Balaban J connectivity index is 0.00000180. The summed E-state index contributed by atoms with van der Waals surface area (Å²) >= 11 is 10.2. The normalized spacial score (nSPS) is 9.84. The predicted octanol–water partition coefficient (Wildman–Crippen LogP) is 4.72. The van der Waals surface area contributed by atoms with Crippen molar-refractivity contribution < 1.29 is 9.36 Å². The number of aromatic nitrogens is 1. The highest BCUT2D eigenvalue weighted by molar-refractivity contribution is 9.11. The van der Waals surface area contributed by atoms with Crippen LogP contribution in [0.2, 0.25) is 0 Å². The molecule has 0 radical (unpaired) electrons. The van der Waals surface area contributed by atoms with Gasteiger partial charge in [0.05, 0.1) is 8.95 Å². The van der Waals surface area contributed by atoms with E-state index in [9.17, 15) is 4.79 Å². The predicted molar refractivity (Wildman–Crippen MR) is 90.8 cm³/mol. The molecule has 1 aromatic carbocycles. The molecule has 1 heterocycles. The van der Waals surface area contributed by atoms with E-state index in [4.69, 9.17) is 0 Å². The maximum Gasteiger partial charge on any atom is 0.227 e. The van der Waals surface area contributed by atoms with E-state index in [0.717, 1.165) is 13.4 Å². The van der Waals surface area contributed by atoms with E-state index in [0.29, 0.717) is 12.1 Å². The molecule has 0 fully saturated rings. The van der Waals surface area contributed by atoms with Gasteiger partial charge in [0.2, 0.25) is 12.3 Å². The zero-order valence-corrected chi connectivity index (χ0v) is 16.1. The average Bonchev–Trinajstić information content (AvgIpc) is 2.28. The molecule has 0 N–H and O–H groups in total. The van der Waals surface area contributed by atoms with E-state index in [1.807, 2.05) is 47.3 Å². The van der Waals surface area contributed by atoms with Crippen molar-refractivity contribution in [1.82, 2.24) is 0 Å². The fourth-order valence-electron chi connectivity index (χ4n) is 1.54. The fraction of sp³-hybridized carbons (Fsp3) is 0.0769. The molecule has 2 nitrogen and oxygen atoms in total. The summed E-state index contributed by atoms with van der Waals surface area (Å²) in [7, 11) is 0. The topological polar surface area (TPSA) is 20.9 Å². The van der Waals surface area contributed by atoms with Gasteiger partial charge in [-0.3, -0.25) is 4.79 Å². The van der Waals surface area contributed by atoms with Crippen LogP contribution in [0.25, 0.3) is 0 Å². The lowest BCUT2D eigenvalue weighted by Gasteiger charge is -2.00. The molecular weight excluding hydrogens is 506 g/mol. The summed E-state index contributed by atoms with van der Waals surface area (Å²) in [5.74, 6) is 0.0810. The van der Waals surface area contributed by atoms with Gasteiger partial charge in [0, 0.05) is 10.0 Å². The number of ketones is 1. The average molecular weight is 516 g/mol. The number of halogens is 4. The maximum absolute atomic E-state index is 12.1. The monoisotopic (exact) mass is 512 g/mol. The molecule has 0 aliphatic carbocycles. The smallest absolute Gasteiger partial charge is 0.227 e. The van der Waals surface area contributed by atoms with Crippen LogP contribution in [-0.4, -0.2) is 5.78 Å². The highest BCUT2D eigenvalue weighted by Crippen LogP contribution is 2.14. The number of nitrogens with zero attached hydrogens (tertiary/aromatic N) is 1. The van der Waals surface area contributed by atoms with Gasteiger partial charge in [-0.25, -0.2) is 0 Å². The Bertz CT molecular complexity index is 563. The molecule has 0 bridgehead atoms. The zero-order chi connectivity index (χ0) is 13.1. The second-order valence-corrected chi connectivity index (χ2v) is 6.52. The van der Waals surface area contributed by atoms with Gasteiger partial charge >= 0.3 is 0 Å². The second kappa shape index (κ2) is 7.67. The van der Waals surface area contributed by atoms with E-state index in [2.05, 4.69) is 47.8 Å². The first-order valence-corrected chi connectivity index (χ1v) is 7.56. The molecule has 2 aromatic rings. The molecule has 0 aliphatic rings. The quantitative estimate of drug-likeness (QED) is 0.428. The van der Waals surface area contributed by atoms with Gasteiger partial charge in [-0.1, -0.05) is 28.1 Å². The summed E-state index contributed by atoms with van der Waals surface area (Å²) < 4.78 is 4.68. The third-order valence-electron chi connectivity index (χ3n) is 2.35. The van der Waals surface area contributed by atoms with Gasteiger partial charge in [-0.15, -0.1) is 17.0 Å². The lowest BCUT2D eigenvalue weighted by Crippen LogP contribution is -2.37. The Hall–Kier alpha value is -0.0400. The third kappa shape index (κ3) is 5.10. The molecule has 0 spiro atoms. The summed E-state index contributed by atoms with van der Waals surface area (Å²) in [6.07, 6.45) is 3.75. The largest absolute Gasteiger partial charge is 0.287 e. The first kappa shape index (κ1) is 17.0. The van der Waals surface area contributed by atoms with Crippen molar-refractivity contribution in [2.45, 2.75) is 6.54 Å². The highest BCUT2D eigenvalue weighted by Gasteiger charge is 2.13. The van der Waals surface area contributed by atoms with Crippen LogP contribution in [0.5, 0.6) is 0 Å². The third-order valence-corrected chi connectivity index (χ3v) is 3.74. The molecule has 0 aliphatic heterocycles. The van der Waals surface area contributed by atoms with Crippen molar-refractivity contribution in [1.29, 1.82) is 0 Å². The van der Waals surface area contributed by atoms with Crippen LogP contribution in [0.3, 0.4) is 0 Å². The van der Waals surface area contributed by atoms with Crippen LogP contribution in [0.15, 0.2) is 56.1 Å². The Kier molecular flexibility index (Phi) is 6.86. The molecule has 6 heteroatoms. The van der Waals surface area contributed by atoms with Crippen molar-refractivity contribution in [2.75, 3.05) is 0 Å². The van der Waals surface area contributed by atoms with Gasteiger partial charge in [0.15, 0.2) is 12.4 Å². The Morgan fingerprint density at radius 1 is 0.947 bits per heavy atom. The second-order valence-electron chi connectivity index (χ2n) is 3.77. The van der Waals surface area contributed by atoms with Crippen LogP contribution in [0.1, 0.15) is 10.4 Å². The Labute approximate surface area is 147 Å². The number of benzene rings is 1. The number of pyridine rings is 1. The van der Waals surface area contributed by atoms with Crippen LogP contribution in [-0.2, 0) is 6.54 Å². The SMILES string of the molecule is Br.O=C(C[n+]1cc(Br)cc(Br)c1)c1ccc(Br)cc1. The first-order valence-electron chi connectivity index (χ1n) is 5.18. The molecule has 19 heavy (non-hydrogen) atoms. The lowest BCUT2D eigenvalue weighted by molar-refractivity contribution is -0.684. The fourth-order valence-corrected chi connectivity index (χ4v) is 3.14. The highest BCUT2D eigenvalue weighted by atomic mass is 79.9. The van der Waals surface area contributed by atoms with Gasteiger partial charge in [-0.2, -0.15) is 4.57 Å². The van der Waals surface area contributed by atoms with Crippen LogP contribution in [0.4, 0.5) is 0 Å². The van der Waals surface area contributed by atoms with E-state index in [1.54, 1.807) is 0 Å². The van der Waals surface area contributed by atoms with Gasteiger partial charge in [-0.05, 0) is 50.1 Å². The number of rotatable bonds is 3. The minimum atomic E-state index is 0. The number of hydrogen-bond donors (Lipinski definition) is 0. The molecule has 0 amide bonds. The lowest BCUT2D eigenvalue weighted by atomic mass is 10.1. The molecule has 100 valence electrons. The van der Waals surface area contributed by atoms with Gasteiger partial charge in [0.1, 0.15) is 0 Å². The van der Waals surface area contributed by atoms with E-state index in [1.165, 1.54) is 0 Å². The molecular formula is C13H10Br4NO+. The molecule has 1 aromatic heterocycles. The molecule has 2 rings (SSSR count). The minimum absolute atomic E-state index is 0. The van der Waals surface area contributed by atoms with Crippen LogP contribution >= 0.6 is 64.8 Å². The Morgan fingerprint density at radius 2 is 1.47 bits per heavy atom. The first-order chi connectivity index (χ1) is 8.54. The molecule has 0 unspecified atom stereocenters. The van der Waals surface area contributed by atoms with Crippen molar-refractivity contribution >= 4 is 70.6 Å². The van der Waals surface area contributed by atoms with E-state index >= 15 is 0 Å². The summed E-state index contributed by atoms with van der Waals surface area (Å²) in [5, 5.41) is 0. The summed E-state index contributed by atoms with van der Waals surface area (Å²) in [6, 6.07) is 9.31. The zero-order valence-electron chi connectivity index (χ0n) is 9.65. The number of carbonyl (C=O) groups excluding carboxylic acids is 1. The number of hydrogen-bond acceptors (Lipinski definition) is 1. The van der Waals surface area contributed by atoms with Crippen molar-refractivity contribution in [2.24, 2.45) is 0 Å². The summed E-state index contributed by atoms with van der Waals surface area (Å²) in [6.45, 7) is 0.319. The molecule has 0 atom stereocenters. The summed E-state index contributed by atoms with van der Waals surface area (Å²) in [4.78, 5) is 12.1. The number of Topliss-reactive ketones (excluding diaryl/α,β-unsaturated/α-hetero) is 1. The summed E-state index contributed by atoms with van der Waals surface area (Å²) in [5.41, 5.74) is 0.710. The standard InChI is InChI=1S/C13H9Br3NO.BrH/c14-10-3-1-9(2-4-10)13(18)8-17-6-11(15)5-12(16)7-17;/h1-7H,8H2;1H/q+1;. The number of carbonyl (C=O) groups is 1. The molecule has 0 saturated heterocycles. The van der Waals surface area contributed by atoms with Gasteiger partial charge < -0.3 is 0 Å². The van der Waals surface area contributed by atoms with Gasteiger partial charge in [0.25, 0.3) is 0 Å². The van der Waals surface area contributed by atoms with Crippen LogP contribution < -0.4 is 4.57 Å². The van der Waals surface area contributed by atoms with E-state index in [-0.39, 0.29) is 22.8 Å². The molecule has 0 saturated carbocycles. The minimum Gasteiger partial charge on any atom is -0.287 e. The van der Waals surface area contributed by atoms with Crippen molar-refractivity contribution in [3.63, 3.8) is 0 Å². The maximum atomic E-state index is 12.1. The Morgan fingerprint density at radius 3 is 2.00 bits per heavy atom. The van der Waals surface area contributed by atoms with Crippen molar-refractivity contribution in [3.05, 3.63) is 61.7 Å². The van der Waals surface area contributed by atoms with E-state index < -0.39 is 0 Å².